The summed E-state index contributed by atoms with van der Waals surface area (Å²) in [7, 11) is 0. The number of benzene rings is 1. The van der Waals surface area contributed by atoms with Gasteiger partial charge in [-0.05, 0) is 43.9 Å². The number of aromatic nitrogens is 5. The van der Waals surface area contributed by atoms with Crippen molar-refractivity contribution in [1.29, 1.82) is 0 Å². The van der Waals surface area contributed by atoms with Gasteiger partial charge in [0.25, 0.3) is 0 Å². The van der Waals surface area contributed by atoms with Gasteiger partial charge in [0.1, 0.15) is 0 Å². The van der Waals surface area contributed by atoms with Crippen LogP contribution in [0.2, 0.25) is 0 Å². The number of rotatable bonds is 5. The zero-order chi connectivity index (χ0) is 20.0. The molecule has 7 heteroatoms. The molecule has 0 bridgehead atoms. The minimum Gasteiger partial charge on any atom is -0.335 e. The van der Waals surface area contributed by atoms with Crippen LogP contribution in [0, 0.1) is 6.92 Å². The first-order valence-electron chi connectivity index (χ1n) is 10.5. The molecule has 4 heterocycles. The van der Waals surface area contributed by atoms with E-state index in [0.29, 0.717) is 25.3 Å². The van der Waals surface area contributed by atoms with Crippen LogP contribution in [-0.4, -0.2) is 41.7 Å². The van der Waals surface area contributed by atoms with Crippen LogP contribution in [0.5, 0.6) is 0 Å². The van der Waals surface area contributed by atoms with E-state index in [9.17, 15) is 4.79 Å². The standard InChI is InChI=1S/C22H26N6O/c1-3-4-6-16-8-9-18-17(11-16)22-24-20(13-26-10-5-7-21(26)29)25-28(22)12-19-15(2)23-14-27(18)19/h8-9,11,14H,3-7,10,12-13H2,1-2H3. The highest BCUT2D eigenvalue weighted by Gasteiger charge is 2.26. The van der Waals surface area contributed by atoms with Crippen LogP contribution in [0.1, 0.15) is 55.4 Å². The van der Waals surface area contributed by atoms with Crippen molar-refractivity contribution in [3.63, 3.8) is 0 Å². The first kappa shape index (κ1) is 18.1. The van der Waals surface area contributed by atoms with E-state index in [2.05, 4.69) is 34.7 Å². The molecule has 2 aromatic heterocycles. The van der Waals surface area contributed by atoms with Crippen LogP contribution in [0.3, 0.4) is 0 Å². The van der Waals surface area contributed by atoms with Crippen LogP contribution >= 0.6 is 0 Å². The molecule has 0 spiro atoms. The fourth-order valence-corrected chi connectivity index (χ4v) is 4.32. The van der Waals surface area contributed by atoms with Gasteiger partial charge in [-0.25, -0.2) is 14.6 Å². The second-order valence-electron chi connectivity index (χ2n) is 8.03. The molecule has 0 atom stereocenters. The van der Waals surface area contributed by atoms with Crippen LogP contribution in [0.15, 0.2) is 24.5 Å². The van der Waals surface area contributed by atoms with Gasteiger partial charge in [0.2, 0.25) is 5.91 Å². The average molecular weight is 390 g/mol. The summed E-state index contributed by atoms with van der Waals surface area (Å²) in [6.07, 6.45) is 6.85. The molecule has 1 fully saturated rings. The summed E-state index contributed by atoms with van der Waals surface area (Å²) in [6, 6.07) is 6.64. The molecule has 3 aromatic rings. The number of fused-ring (bicyclic) bond motifs is 5. The van der Waals surface area contributed by atoms with Gasteiger partial charge >= 0.3 is 0 Å². The van der Waals surface area contributed by atoms with E-state index < -0.39 is 0 Å². The molecule has 1 aromatic carbocycles. The monoisotopic (exact) mass is 390 g/mol. The molecule has 1 saturated heterocycles. The van der Waals surface area contributed by atoms with E-state index in [1.54, 1.807) is 0 Å². The van der Waals surface area contributed by atoms with E-state index >= 15 is 0 Å². The molecule has 5 rings (SSSR count). The third-order valence-corrected chi connectivity index (χ3v) is 5.97. The number of carbonyl (C=O) groups is 1. The Kier molecular flexibility index (Phi) is 4.45. The smallest absolute Gasteiger partial charge is 0.223 e. The van der Waals surface area contributed by atoms with Crippen molar-refractivity contribution < 1.29 is 4.79 Å². The fourth-order valence-electron chi connectivity index (χ4n) is 4.32. The Labute approximate surface area is 170 Å². The molecular formula is C22H26N6O. The second-order valence-corrected chi connectivity index (χ2v) is 8.03. The number of likely N-dealkylation sites (tertiary alicyclic amines) is 1. The first-order valence-corrected chi connectivity index (χ1v) is 10.5. The van der Waals surface area contributed by atoms with Crippen molar-refractivity contribution in [3.8, 4) is 17.1 Å². The van der Waals surface area contributed by atoms with Gasteiger partial charge in [0.05, 0.1) is 36.5 Å². The van der Waals surface area contributed by atoms with Crippen LogP contribution < -0.4 is 0 Å². The summed E-state index contributed by atoms with van der Waals surface area (Å²) < 4.78 is 4.14. The summed E-state index contributed by atoms with van der Waals surface area (Å²) in [6.45, 7) is 6.16. The molecule has 0 N–H and O–H groups in total. The maximum Gasteiger partial charge on any atom is 0.223 e. The number of nitrogens with zero attached hydrogens (tertiary/aromatic N) is 6. The number of unbranched alkanes of at least 4 members (excludes halogenated alkanes) is 1. The fraction of sp³-hybridized carbons (Fsp3) is 0.455. The van der Waals surface area contributed by atoms with Gasteiger partial charge in [0, 0.05) is 18.5 Å². The van der Waals surface area contributed by atoms with Crippen molar-refractivity contribution in [2.45, 2.75) is 59.0 Å². The molecule has 0 saturated carbocycles. The zero-order valence-electron chi connectivity index (χ0n) is 17.1. The van der Waals surface area contributed by atoms with Gasteiger partial charge in [0.15, 0.2) is 11.6 Å². The second kappa shape index (κ2) is 7.13. The van der Waals surface area contributed by atoms with Gasteiger partial charge in [-0.15, -0.1) is 0 Å². The summed E-state index contributed by atoms with van der Waals surface area (Å²) in [4.78, 5) is 23.3. The SMILES string of the molecule is CCCCc1ccc2c(c1)-c1nc(CN3CCCC3=O)nn1Cc1c(C)ncn1-2. The normalized spacial score (nSPS) is 15.2. The molecule has 1 amide bonds. The largest absolute Gasteiger partial charge is 0.335 e. The van der Waals surface area contributed by atoms with Crippen molar-refractivity contribution in [2.24, 2.45) is 0 Å². The lowest BCUT2D eigenvalue weighted by Crippen LogP contribution is -2.24. The Morgan fingerprint density at radius 3 is 2.93 bits per heavy atom. The van der Waals surface area contributed by atoms with Crippen molar-refractivity contribution in [1.82, 2.24) is 29.2 Å². The Hall–Kier alpha value is -2.96. The highest BCUT2D eigenvalue weighted by Crippen LogP contribution is 2.33. The molecular weight excluding hydrogens is 364 g/mol. The number of amides is 1. The molecule has 2 aliphatic heterocycles. The molecule has 150 valence electrons. The minimum atomic E-state index is 0.200. The van der Waals surface area contributed by atoms with E-state index in [1.807, 2.05) is 22.8 Å². The third-order valence-electron chi connectivity index (χ3n) is 5.97. The molecule has 7 nitrogen and oxygen atoms in total. The van der Waals surface area contributed by atoms with Gasteiger partial charge in [-0.1, -0.05) is 19.4 Å². The Morgan fingerprint density at radius 1 is 1.24 bits per heavy atom. The molecule has 0 radical (unpaired) electrons. The van der Waals surface area contributed by atoms with Crippen LogP contribution in [0.25, 0.3) is 17.1 Å². The summed E-state index contributed by atoms with van der Waals surface area (Å²) >= 11 is 0. The van der Waals surface area contributed by atoms with Gasteiger partial charge in [-0.2, -0.15) is 5.10 Å². The number of aryl methyl sites for hydroxylation is 2. The first-order chi connectivity index (χ1) is 14.1. The predicted octanol–water partition coefficient (Wildman–Crippen LogP) is 3.27. The highest BCUT2D eigenvalue weighted by molar-refractivity contribution is 5.78. The third kappa shape index (κ3) is 3.14. The Morgan fingerprint density at radius 2 is 2.14 bits per heavy atom. The van der Waals surface area contributed by atoms with Gasteiger partial charge < -0.3 is 9.47 Å². The Balaban J connectivity index is 1.60. The van der Waals surface area contributed by atoms with E-state index in [0.717, 1.165) is 47.8 Å². The predicted molar refractivity (Wildman–Crippen MR) is 110 cm³/mol. The Bertz CT molecular complexity index is 1080. The van der Waals surface area contributed by atoms with E-state index in [4.69, 9.17) is 10.1 Å². The maximum atomic E-state index is 12.0. The van der Waals surface area contributed by atoms with Crippen molar-refractivity contribution in [3.05, 3.63) is 47.3 Å². The molecule has 29 heavy (non-hydrogen) atoms. The summed E-state index contributed by atoms with van der Waals surface area (Å²) in [5, 5.41) is 4.79. The summed E-state index contributed by atoms with van der Waals surface area (Å²) in [5.41, 5.74) is 5.62. The quantitative estimate of drug-likeness (QED) is 0.524. The highest BCUT2D eigenvalue weighted by atomic mass is 16.2. The minimum absolute atomic E-state index is 0.200. The topological polar surface area (TPSA) is 68.8 Å². The van der Waals surface area contributed by atoms with Gasteiger partial charge in [-0.3, -0.25) is 4.79 Å². The number of imidazole rings is 1. The maximum absolute atomic E-state index is 12.0. The number of hydrogen-bond acceptors (Lipinski definition) is 4. The average Bonchev–Trinajstić information content (AvgIpc) is 3.39. The van der Waals surface area contributed by atoms with Crippen LogP contribution in [-0.2, 0) is 24.3 Å². The van der Waals surface area contributed by atoms with Crippen molar-refractivity contribution in [2.75, 3.05) is 6.54 Å². The lowest BCUT2D eigenvalue weighted by molar-refractivity contribution is -0.128. The number of carbonyl (C=O) groups excluding carboxylic acids is 1. The number of hydrogen-bond donors (Lipinski definition) is 0. The van der Waals surface area contributed by atoms with E-state index in [-0.39, 0.29) is 5.91 Å². The molecule has 0 unspecified atom stereocenters. The zero-order valence-corrected chi connectivity index (χ0v) is 17.1. The molecule has 2 aliphatic rings. The lowest BCUT2D eigenvalue weighted by Gasteiger charge is -2.13. The molecule has 0 aliphatic carbocycles. The van der Waals surface area contributed by atoms with Crippen molar-refractivity contribution >= 4 is 5.91 Å². The van der Waals surface area contributed by atoms with E-state index in [1.165, 1.54) is 18.4 Å². The lowest BCUT2D eigenvalue weighted by atomic mass is 10.0. The summed E-state index contributed by atoms with van der Waals surface area (Å²) in [5.74, 6) is 1.79. The van der Waals surface area contributed by atoms with Crippen LogP contribution in [0.4, 0.5) is 0 Å².